The van der Waals surface area contributed by atoms with Crippen molar-refractivity contribution < 1.29 is 10.2 Å². The van der Waals surface area contributed by atoms with Gasteiger partial charge in [0.1, 0.15) is 5.75 Å². The molecule has 0 aliphatic carbocycles. The SMILES string of the molecule is Oc1cccc(CC2(O)CCCSC2)c1. The number of thioether (sulfide) groups is 1. The van der Waals surface area contributed by atoms with E-state index in [1.807, 2.05) is 23.9 Å². The van der Waals surface area contributed by atoms with Crippen LogP contribution in [0.4, 0.5) is 0 Å². The number of aromatic hydroxyl groups is 1. The Labute approximate surface area is 94.3 Å². The lowest BCUT2D eigenvalue weighted by atomic mass is 9.91. The maximum absolute atomic E-state index is 10.3. The molecule has 1 heterocycles. The highest BCUT2D eigenvalue weighted by atomic mass is 32.2. The van der Waals surface area contributed by atoms with Crippen LogP contribution in [0.1, 0.15) is 18.4 Å². The second-order valence-corrected chi connectivity index (χ2v) is 5.33. The fourth-order valence-corrected chi connectivity index (χ4v) is 3.14. The highest BCUT2D eigenvalue weighted by Gasteiger charge is 2.29. The lowest BCUT2D eigenvalue weighted by Gasteiger charge is -2.31. The smallest absolute Gasteiger partial charge is 0.115 e. The van der Waals surface area contributed by atoms with Crippen molar-refractivity contribution in [1.82, 2.24) is 0 Å². The predicted molar refractivity (Wildman–Crippen MR) is 63.3 cm³/mol. The number of benzene rings is 1. The quantitative estimate of drug-likeness (QED) is 0.809. The predicted octanol–water partition coefficient (Wildman–Crippen LogP) is 2.19. The zero-order valence-corrected chi connectivity index (χ0v) is 9.46. The minimum atomic E-state index is -0.573. The molecule has 0 radical (unpaired) electrons. The number of rotatable bonds is 2. The van der Waals surface area contributed by atoms with Crippen molar-refractivity contribution >= 4 is 11.8 Å². The normalized spacial score (nSPS) is 26.5. The summed E-state index contributed by atoms with van der Waals surface area (Å²) in [7, 11) is 0. The Kier molecular flexibility index (Phi) is 3.22. The molecule has 0 amide bonds. The molecule has 1 atom stereocenters. The fraction of sp³-hybridized carbons (Fsp3) is 0.500. The molecule has 82 valence electrons. The zero-order chi connectivity index (χ0) is 10.7. The van der Waals surface area contributed by atoms with E-state index in [1.165, 1.54) is 0 Å². The van der Waals surface area contributed by atoms with Crippen LogP contribution in [0.25, 0.3) is 0 Å². The summed E-state index contributed by atoms with van der Waals surface area (Å²) in [5, 5.41) is 19.7. The molecule has 0 spiro atoms. The van der Waals surface area contributed by atoms with Crippen LogP contribution in [0.15, 0.2) is 24.3 Å². The van der Waals surface area contributed by atoms with E-state index in [-0.39, 0.29) is 5.75 Å². The fourth-order valence-electron chi connectivity index (χ4n) is 2.02. The summed E-state index contributed by atoms with van der Waals surface area (Å²) < 4.78 is 0. The van der Waals surface area contributed by atoms with Crippen LogP contribution in [0.2, 0.25) is 0 Å². The second-order valence-electron chi connectivity index (χ2n) is 4.23. The van der Waals surface area contributed by atoms with E-state index in [2.05, 4.69) is 0 Å². The first-order chi connectivity index (χ1) is 7.18. The Hall–Kier alpha value is -0.670. The molecule has 3 heteroatoms. The van der Waals surface area contributed by atoms with Crippen molar-refractivity contribution in [2.75, 3.05) is 11.5 Å². The first-order valence-corrected chi connectivity index (χ1v) is 6.41. The summed E-state index contributed by atoms with van der Waals surface area (Å²) >= 11 is 1.81. The summed E-state index contributed by atoms with van der Waals surface area (Å²) in [6, 6.07) is 7.17. The van der Waals surface area contributed by atoms with Crippen LogP contribution >= 0.6 is 11.8 Å². The first-order valence-electron chi connectivity index (χ1n) is 5.26. The van der Waals surface area contributed by atoms with E-state index in [1.54, 1.807) is 12.1 Å². The van der Waals surface area contributed by atoms with Crippen LogP contribution in [-0.2, 0) is 6.42 Å². The van der Waals surface area contributed by atoms with Gasteiger partial charge in [0.2, 0.25) is 0 Å². The van der Waals surface area contributed by atoms with Crippen molar-refractivity contribution in [3.63, 3.8) is 0 Å². The van der Waals surface area contributed by atoms with E-state index in [0.29, 0.717) is 6.42 Å². The molecule has 1 aliphatic rings. The molecule has 0 aromatic heterocycles. The average Bonchev–Trinajstić information content (AvgIpc) is 2.18. The number of hydrogen-bond acceptors (Lipinski definition) is 3. The molecular weight excluding hydrogens is 208 g/mol. The Morgan fingerprint density at radius 3 is 2.93 bits per heavy atom. The summed E-state index contributed by atoms with van der Waals surface area (Å²) in [5.74, 6) is 2.24. The summed E-state index contributed by atoms with van der Waals surface area (Å²) in [6.45, 7) is 0. The van der Waals surface area contributed by atoms with Crippen LogP contribution < -0.4 is 0 Å². The third-order valence-corrected chi connectivity index (χ3v) is 4.06. The Morgan fingerprint density at radius 2 is 2.27 bits per heavy atom. The monoisotopic (exact) mass is 224 g/mol. The maximum atomic E-state index is 10.3. The van der Waals surface area contributed by atoms with Gasteiger partial charge in [-0.3, -0.25) is 0 Å². The summed E-state index contributed by atoms with van der Waals surface area (Å²) in [4.78, 5) is 0. The Bertz CT molecular complexity index is 332. The lowest BCUT2D eigenvalue weighted by Crippen LogP contribution is -2.37. The largest absolute Gasteiger partial charge is 0.508 e. The van der Waals surface area contributed by atoms with Crippen LogP contribution in [0, 0.1) is 0 Å². The molecule has 0 saturated carbocycles. The Morgan fingerprint density at radius 1 is 1.40 bits per heavy atom. The molecule has 1 fully saturated rings. The van der Waals surface area contributed by atoms with E-state index in [4.69, 9.17) is 0 Å². The zero-order valence-electron chi connectivity index (χ0n) is 8.65. The molecule has 15 heavy (non-hydrogen) atoms. The van der Waals surface area contributed by atoms with Crippen molar-refractivity contribution in [2.45, 2.75) is 24.9 Å². The van der Waals surface area contributed by atoms with Crippen LogP contribution in [0.3, 0.4) is 0 Å². The van der Waals surface area contributed by atoms with E-state index in [0.717, 1.165) is 29.9 Å². The molecule has 1 saturated heterocycles. The third kappa shape index (κ3) is 2.89. The molecule has 0 bridgehead atoms. The van der Waals surface area contributed by atoms with Crippen molar-refractivity contribution in [2.24, 2.45) is 0 Å². The van der Waals surface area contributed by atoms with Gasteiger partial charge in [0.05, 0.1) is 5.60 Å². The third-order valence-electron chi connectivity index (χ3n) is 2.75. The van der Waals surface area contributed by atoms with Crippen molar-refractivity contribution in [3.05, 3.63) is 29.8 Å². The van der Waals surface area contributed by atoms with Crippen LogP contribution in [0.5, 0.6) is 5.75 Å². The standard InChI is InChI=1S/C12H16O2S/c13-11-4-1-3-10(7-11)8-12(14)5-2-6-15-9-12/h1,3-4,7,13-14H,2,5-6,8-9H2. The highest BCUT2D eigenvalue weighted by Crippen LogP contribution is 2.30. The lowest BCUT2D eigenvalue weighted by molar-refractivity contribution is 0.0530. The first kappa shape index (κ1) is 10.8. The molecule has 1 aromatic rings. The number of phenols is 1. The van der Waals surface area contributed by atoms with E-state index >= 15 is 0 Å². The minimum absolute atomic E-state index is 0.277. The topological polar surface area (TPSA) is 40.5 Å². The van der Waals surface area contributed by atoms with Gasteiger partial charge < -0.3 is 10.2 Å². The van der Waals surface area contributed by atoms with Gasteiger partial charge in [-0.2, -0.15) is 11.8 Å². The summed E-state index contributed by atoms with van der Waals surface area (Å²) in [5.41, 5.74) is 0.441. The molecule has 1 unspecified atom stereocenters. The van der Waals surface area contributed by atoms with Gasteiger partial charge in [0, 0.05) is 12.2 Å². The van der Waals surface area contributed by atoms with Crippen molar-refractivity contribution in [1.29, 1.82) is 0 Å². The minimum Gasteiger partial charge on any atom is -0.508 e. The summed E-state index contributed by atoms with van der Waals surface area (Å²) in [6.07, 6.45) is 2.60. The molecule has 2 nitrogen and oxygen atoms in total. The van der Waals surface area contributed by atoms with E-state index in [9.17, 15) is 10.2 Å². The van der Waals surface area contributed by atoms with Gasteiger partial charge in [0.15, 0.2) is 0 Å². The average molecular weight is 224 g/mol. The van der Waals surface area contributed by atoms with Gasteiger partial charge in [-0.05, 0) is 36.3 Å². The molecule has 2 N–H and O–H groups in total. The molecule has 1 aromatic carbocycles. The van der Waals surface area contributed by atoms with Gasteiger partial charge in [0.25, 0.3) is 0 Å². The maximum Gasteiger partial charge on any atom is 0.115 e. The van der Waals surface area contributed by atoms with Gasteiger partial charge >= 0.3 is 0 Å². The molecule has 1 aliphatic heterocycles. The van der Waals surface area contributed by atoms with Gasteiger partial charge in [-0.25, -0.2) is 0 Å². The second kappa shape index (κ2) is 4.45. The number of hydrogen-bond donors (Lipinski definition) is 2. The van der Waals surface area contributed by atoms with Crippen molar-refractivity contribution in [3.8, 4) is 5.75 Å². The number of aliphatic hydroxyl groups is 1. The highest BCUT2D eigenvalue weighted by molar-refractivity contribution is 7.99. The Balaban J connectivity index is 2.06. The van der Waals surface area contributed by atoms with E-state index < -0.39 is 5.60 Å². The molecular formula is C12H16O2S. The van der Waals surface area contributed by atoms with Gasteiger partial charge in [-0.1, -0.05) is 12.1 Å². The molecule has 2 rings (SSSR count). The number of phenolic OH excluding ortho intramolecular Hbond substituents is 1. The van der Waals surface area contributed by atoms with Crippen LogP contribution in [-0.4, -0.2) is 27.3 Å². The van der Waals surface area contributed by atoms with Gasteiger partial charge in [-0.15, -0.1) is 0 Å².